The van der Waals surface area contributed by atoms with E-state index in [0.717, 1.165) is 11.1 Å². The van der Waals surface area contributed by atoms with Gasteiger partial charge in [0, 0.05) is 0 Å². The first-order chi connectivity index (χ1) is 7.04. The van der Waals surface area contributed by atoms with Crippen LogP contribution < -0.4 is 0 Å². The molecular formula is C12H16O2Si. The van der Waals surface area contributed by atoms with Crippen LogP contribution in [0.3, 0.4) is 0 Å². The van der Waals surface area contributed by atoms with E-state index >= 15 is 0 Å². The van der Waals surface area contributed by atoms with Gasteiger partial charge >= 0.3 is 5.97 Å². The summed E-state index contributed by atoms with van der Waals surface area (Å²) in [6.45, 7) is 7.49. The van der Waals surface area contributed by atoms with Gasteiger partial charge < -0.3 is 4.43 Å². The van der Waals surface area contributed by atoms with E-state index in [-0.39, 0.29) is 5.97 Å². The molecule has 80 valence electrons. The Labute approximate surface area is 93.5 Å². The van der Waals surface area contributed by atoms with Gasteiger partial charge in [-0.2, -0.15) is 0 Å². The zero-order valence-corrected chi connectivity index (χ0v) is 11.4. The highest BCUT2D eigenvalue weighted by atomic mass is 28.2. The van der Waals surface area contributed by atoms with Crippen molar-refractivity contribution in [3.8, 4) is 0 Å². The van der Waals surface area contributed by atoms with E-state index in [2.05, 4.69) is 6.58 Å². The van der Waals surface area contributed by atoms with Crippen LogP contribution in [0.5, 0.6) is 0 Å². The standard InChI is InChI=1S/C12H16O2Si/c1-4-9-7-5-6-8-10(9)12(2,3)11(13)14-15/h4-8H,1H2,2-3,15H3. The Hall–Kier alpha value is -1.35. The van der Waals surface area contributed by atoms with Crippen LogP contribution in [0.1, 0.15) is 25.0 Å². The van der Waals surface area contributed by atoms with E-state index in [4.69, 9.17) is 4.43 Å². The fourth-order valence-corrected chi connectivity index (χ4v) is 2.12. The van der Waals surface area contributed by atoms with Gasteiger partial charge in [0.05, 0.1) is 5.41 Å². The third-order valence-corrected chi connectivity index (χ3v) is 2.92. The van der Waals surface area contributed by atoms with Crippen LogP contribution in [0.2, 0.25) is 0 Å². The summed E-state index contributed by atoms with van der Waals surface area (Å²) >= 11 is 0. The quantitative estimate of drug-likeness (QED) is 0.720. The normalized spacial score (nSPS) is 11.1. The van der Waals surface area contributed by atoms with Crippen LogP contribution >= 0.6 is 0 Å². The number of carbonyl (C=O) groups excluding carboxylic acids is 1. The maximum absolute atomic E-state index is 11.7. The van der Waals surface area contributed by atoms with E-state index in [0.29, 0.717) is 10.5 Å². The summed E-state index contributed by atoms with van der Waals surface area (Å²) in [5, 5.41) is 0. The van der Waals surface area contributed by atoms with Gasteiger partial charge in [0.2, 0.25) is 10.5 Å². The van der Waals surface area contributed by atoms with Crippen molar-refractivity contribution < 1.29 is 9.22 Å². The van der Waals surface area contributed by atoms with Gasteiger partial charge in [-0.05, 0) is 25.0 Å². The van der Waals surface area contributed by atoms with Crippen molar-refractivity contribution in [1.29, 1.82) is 0 Å². The van der Waals surface area contributed by atoms with Gasteiger partial charge in [-0.1, -0.05) is 36.9 Å². The highest BCUT2D eigenvalue weighted by molar-refractivity contribution is 6.07. The van der Waals surface area contributed by atoms with E-state index in [1.54, 1.807) is 6.08 Å². The predicted octanol–water partition coefficient (Wildman–Crippen LogP) is 1.43. The lowest BCUT2D eigenvalue weighted by molar-refractivity contribution is -0.139. The Morgan fingerprint density at radius 2 is 2.07 bits per heavy atom. The molecule has 0 aromatic heterocycles. The third-order valence-electron chi connectivity index (χ3n) is 2.55. The summed E-state index contributed by atoms with van der Waals surface area (Å²) in [5.74, 6) is -0.177. The molecule has 0 bridgehead atoms. The second kappa shape index (κ2) is 4.44. The highest BCUT2D eigenvalue weighted by Crippen LogP contribution is 2.28. The second-order valence-corrected chi connectivity index (χ2v) is 4.32. The number of benzene rings is 1. The zero-order valence-electron chi connectivity index (χ0n) is 9.41. The van der Waals surface area contributed by atoms with Crippen molar-refractivity contribution in [3.05, 3.63) is 42.0 Å². The van der Waals surface area contributed by atoms with E-state index < -0.39 is 5.41 Å². The molecule has 2 nitrogen and oxygen atoms in total. The minimum Gasteiger partial charge on any atom is -0.528 e. The minimum absolute atomic E-state index is 0.177. The molecule has 0 radical (unpaired) electrons. The minimum atomic E-state index is -0.605. The molecule has 0 amide bonds. The number of carbonyl (C=O) groups is 1. The molecule has 0 aliphatic heterocycles. The first kappa shape index (κ1) is 11.7. The molecule has 0 heterocycles. The van der Waals surface area contributed by atoms with E-state index in [1.165, 1.54) is 0 Å². The summed E-state index contributed by atoms with van der Waals surface area (Å²) < 4.78 is 4.93. The molecule has 0 atom stereocenters. The molecule has 1 rings (SSSR count). The number of rotatable bonds is 3. The van der Waals surface area contributed by atoms with Gasteiger partial charge in [0.15, 0.2) is 0 Å². The molecule has 0 saturated carbocycles. The largest absolute Gasteiger partial charge is 0.528 e. The SMILES string of the molecule is C=Cc1ccccc1C(C)(C)C(=O)O[SiH3]. The lowest BCUT2D eigenvalue weighted by atomic mass is 9.82. The summed E-state index contributed by atoms with van der Waals surface area (Å²) in [7, 11) is 0.429. The molecule has 0 aliphatic carbocycles. The second-order valence-electron chi connectivity index (χ2n) is 3.91. The molecule has 0 fully saturated rings. The lowest BCUT2D eigenvalue weighted by Gasteiger charge is -2.24. The van der Waals surface area contributed by atoms with Crippen molar-refractivity contribution in [3.63, 3.8) is 0 Å². The van der Waals surface area contributed by atoms with E-state index in [1.807, 2.05) is 38.1 Å². The molecule has 0 spiro atoms. The molecule has 15 heavy (non-hydrogen) atoms. The van der Waals surface area contributed by atoms with Gasteiger partial charge in [-0.15, -0.1) is 0 Å². The van der Waals surface area contributed by atoms with Crippen molar-refractivity contribution in [2.24, 2.45) is 0 Å². The van der Waals surface area contributed by atoms with Crippen molar-refractivity contribution in [2.45, 2.75) is 19.3 Å². The fraction of sp³-hybridized carbons (Fsp3) is 0.250. The van der Waals surface area contributed by atoms with Crippen LogP contribution in [0.25, 0.3) is 6.08 Å². The Morgan fingerprint density at radius 3 is 2.60 bits per heavy atom. The number of hydrogen-bond acceptors (Lipinski definition) is 2. The van der Waals surface area contributed by atoms with Gasteiger partial charge in [-0.3, -0.25) is 4.79 Å². The maximum Gasteiger partial charge on any atom is 0.302 e. The molecular weight excluding hydrogens is 204 g/mol. The fourth-order valence-electron chi connectivity index (χ4n) is 1.61. The molecule has 0 unspecified atom stereocenters. The first-order valence-electron chi connectivity index (χ1n) is 4.84. The Bertz CT molecular complexity index is 383. The smallest absolute Gasteiger partial charge is 0.302 e. The van der Waals surface area contributed by atoms with Crippen LogP contribution in [0, 0.1) is 0 Å². The summed E-state index contributed by atoms with van der Waals surface area (Å²) in [5.41, 5.74) is 1.34. The molecule has 0 saturated heterocycles. The summed E-state index contributed by atoms with van der Waals surface area (Å²) in [6, 6.07) is 7.74. The van der Waals surface area contributed by atoms with Gasteiger partial charge in [-0.25, -0.2) is 0 Å². The molecule has 0 N–H and O–H groups in total. The molecule has 1 aromatic rings. The molecule has 3 heteroatoms. The maximum atomic E-state index is 11.7. The van der Waals surface area contributed by atoms with Crippen molar-refractivity contribution in [2.75, 3.05) is 0 Å². The molecule has 1 aromatic carbocycles. The Kier molecular flexibility index (Phi) is 3.47. The van der Waals surface area contributed by atoms with Gasteiger partial charge in [0.25, 0.3) is 0 Å². The van der Waals surface area contributed by atoms with Crippen LogP contribution in [0.15, 0.2) is 30.8 Å². The van der Waals surface area contributed by atoms with Gasteiger partial charge in [0.1, 0.15) is 0 Å². The van der Waals surface area contributed by atoms with Crippen LogP contribution in [-0.2, 0) is 14.6 Å². The van der Waals surface area contributed by atoms with Crippen LogP contribution in [-0.4, -0.2) is 16.5 Å². The van der Waals surface area contributed by atoms with E-state index in [9.17, 15) is 4.79 Å². The summed E-state index contributed by atoms with van der Waals surface area (Å²) in [6.07, 6.45) is 1.76. The Balaban J connectivity index is 3.25. The number of hydrogen-bond donors (Lipinski definition) is 0. The Morgan fingerprint density at radius 1 is 1.47 bits per heavy atom. The van der Waals surface area contributed by atoms with Crippen molar-refractivity contribution in [1.82, 2.24) is 0 Å². The highest BCUT2D eigenvalue weighted by Gasteiger charge is 2.31. The monoisotopic (exact) mass is 220 g/mol. The zero-order chi connectivity index (χ0) is 11.5. The first-order valence-corrected chi connectivity index (χ1v) is 5.66. The summed E-state index contributed by atoms with van der Waals surface area (Å²) in [4.78, 5) is 11.7. The van der Waals surface area contributed by atoms with Crippen molar-refractivity contribution >= 4 is 22.5 Å². The topological polar surface area (TPSA) is 26.3 Å². The average molecular weight is 220 g/mol. The predicted molar refractivity (Wildman–Crippen MR) is 65.6 cm³/mol. The lowest BCUT2D eigenvalue weighted by Crippen LogP contribution is -2.31. The molecule has 0 aliphatic rings. The van der Waals surface area contributed by atoms with Crippen LogP contribution in [0.4, 0.5) is 0 Å². The average Bonchev–Trinajstić information content (AvgIpc) is 2.27. The third kappa shape index (κ3) is 2.18.